The Labute approximate surface area is 530 Å². The maximum atomic E-state index is 13.0. The summed E-state index contributed by atoms with van der Waals surface area (Å²) in [7, 11) is -9.90. The zero-order valence-corrected chi connectivity index (χ0v) is 58.4. The molecule has 17 nitrogen and oxygen atoms in total. The second-order valence-corrected chi connectivity index (χ2v) is 29.1. The topological polar surface area (TPSA) is 237 Å². The van der Waals surface area contributed by atoms with E-state index in [0.29, 0.717) is 31.6 Å². The Bertz CT molecular complexity index is 1730. The maximum Gasteiger partial charge on any atom is 0.472 e. The summed E-state index contributed by atoms with van der Waals surface area (Å²) < 4.78 is 68.2. The van der Waals surface area contributed by atoms with E-state index in [1.165, 1.54) is 122 Å². The standard InChI is InChI=1S/C68H132O17P2/c1-9-61(8)47-39-31-26-27-33-41-49-66(71)79-55-64(84-67(72)50-42-34-23-16-14-12-10-11-13-15-20-28-36-44-58(2)3)57-83-87(76,77)81-53-62(69)52-80-86(74,75)82-56-63(54-78-65(70)48-40-32-25-19-22-30-38-46-60(6)7)85-68(73)51-43-35-24-18-17-21-29-37-45-59(4)5/h58-64,69H,9-57H2,1-8H3,(H,74,75)(H,76,77)/t61?,62-,63-,64-/m1/s1. The lowest BCUT2D eigenvalue weighted by Gasteiger charge is -2.21. The van der Waals surface area contributed by atoms with Gasteiger partial charge in [0, 0.05) is 25.7 Å². The van der Waals surface area contributed by atoms with E-state index in [0.717, 1.165) is 120 Å². The molecule has 3 N–H and O–H groups in total. The molecule has 0 aromatic carbocycles. The normalized spacial score (nSPS) is 14.6. The molecule has 0 aliphatic heterocycles. The van der Waals surface area contributed by atoms with Crippen LogP contribution in [0.5, 0.6) is 0 Å². The van der Waals surface area contributed by atoms with Crippen LogP contribution < -0.4 is 0 Å². The van der Waals surface area contributed by atoms with E-state index in [4.69, 9.17) is 37.0 Å². The van der Waals surface area contributed by atoms with Crippen molar-refractivity contribution < 1.29 is 80.2 Å². The molecule has 87 heavy (non-hydrogen) atoms. The fourth-order valence-electron chi connectivity index (χ4n) is 10.1. The van der Waals surface area contributed by atoms with Crippen LogP contribution in [0, 0.1) is 23.7 Å². The number of hydrogen-bond acceptors (Lipinski definition) is 15. The van der Waals surface area contributed by atoms with E-state index < -0.39 is 97.5 Å². The van der Waals surface area contributed by atoms with E-state index in [-0.39, 0.29) is 25.7 Å². The quantitative estimate of drug-likeness (QED) is 0.0222. The molecule has 0 aliphatic carbocycles. The molecule has 6 atom stereocenters. The van der Waals surface area contributed by atoms with Gasteiger partial charge in [0.05, 0.1) is 26.4 Å². The van der Waals surface area contributed by atoms with Crippen LogP contribution in [0.1, 0.15) is 331 Å². The lowest BCUT2D eigenvalue weighted by atomic mass is 10.00. The van der Waals surface area contributed by atoms with E-state index >= 15 is 0 Å². The molecule has 0 spiro atoms. The first kappa shape index (κ1) is 85.1. The lowest BCUT2D eigenvalue weighted by molar-refractivity contribution is -0.161. The summed E-state index contributed by atoms with van der Waals surface area (Å²) >= 11 is 0. The molecule has 0 saturated carbocycles. The Kier molecular flexibility index (Phi) is 56.6. The van der Waals surface area contributed by atoms with Gasteiger partial charge in [-0.1, -0.05) is 280 Å². The maximum absolute atomic E-state index is 13.0. The molecular weight excluding hydrogens is 1150 g/mol. The van der Waals surface area contributed by atoms with Crippen LogP contribution in [0.15, 0.2) is 0 Å². The van der Waals surface area contributed by atoms with Gasteiger partial charge in [-0.2, -0.15) is 0 Å². The van der Waals surface area contributed by atoms with Crippen molar-refractivity contribution in [1.82, 2.24) is 0 Å². The Morgan fingerprint density at radius 2 is 0.552 bits per heavy atom. The summed E-state index contributed by atoms with van der Waals surface area (Å²) in [6.07, 6.45) is 39.1. The fraction of sp³-hybridized carbons (Fsp3) is 0.941. The summed E-state index contributed by atoms with van der Waals surface area (Å²) in [5.74, 6) is 0.805. The van der Waals surface area contributed by atoms with Crippen molar-refractivity contribution in [2.45, 2.75) is 350 Å². The van der Waals surface area contributed by atoms with Crippen molar-refractivity contribution in [3.8, 4) is 0 Å². The molecule has 0 aliphatic rings. The van der Waals surface area contributed by atoms with E-state index in [2.05, 4.69) is 55.4 Å². The highest BCUT2D eigenvalue weighted by Gasteiger charge is 2.30. The number of ether oxygens (including phenoxy) is 4. The first-order valence-corrected chi connectivity index (χ1v) is 38.2. The third-order valence-electron chi connectivity index (χ3n) is 15.9. The molecular formula is C68H132O17P2. The number of esters is 4. The summed E-state index contributed by atoms with van der Waals surface area (Å²) in [6, 6.07) is 0. The van der Waals surface area contributed by atoms with Gasteiger partial charge < -0.3 is 33.8 Å². The van der Waals surface area contributed by atoms with Crippen LogP contribution in [0.4, 0.5) is 0 Å². The van der Waals surface area contributed by atoms with E-state index in [1.54, 1.807) is 0 Å². The zero-order valence-electron chi connectivity index (χ0n) is 56.6. The average molecular weight is 1280 g/mol. The molecule has 0 amide bonds. The average Bonchev–Trinajstić information content (AvgIpc) is 3.69. The van der Waals surface area contributed by atoms with Crippen molar-refractivity contribution in [3.05, 3.63) is 0 Å². The van der Waals surface area contributed by atoms with Gasteiger partial charge in [0.2, 0.25) is 0 Å². The van der Waals surface area contributed by atoms with Crippen LogP contribution in [-0.2, 0) is 65.4 Å². The van der Waals surface area contributed by atoms with Crippen molar-refractivity contribution in [3.63, 3.8) is 0 Å². The SMILES string of the molecule is CCC(C)CCCCCCCCC(=O)OC[C@H](COP(=O)(O)OC[C@H](O)COP(=O)(O)OC[C@@H](COC(=O)CCCCCCCCCC(C)C)OC(=O)CCCCCCCCCCC(C)C)OC(=O)CCCCCCCCCCCCCCCC(C)C. The Hall–Kier alpha value is -1.94. The van der Waals surface area contributed by atoms with Gasteiger partial charge in [-0.05, 0) is 49.4 Å². The van der Waals surface area contributed by atoms with Gasteiger partial charge in [-0.15, -0.1) is 0 Å². The van der Waals surface area contributed by atoms with Gasteiger partial charge >= 0.3 is 39.5 Å². The third-order valence-corrected chi connectivity index (χ3v) is 17.8. The van der Waals surface area contributed by atoms with E-state index in [1.807, 2.05) is 0 Å². The summed E-state index contributed by atoms with van der Waals surface area (Å²) in [5.41, 5.74) is 0. The van der Waals surface area contributed by atoms with Crippen molar-refractivity contribution >= 4 is 39.5 Å². The molecule has 19 heteroatoms. The second kappa shape index (κ2) is 57.9. The molecule has 0 radical (unpaired) electrons. The predicted octanol–water partition coefficient (Wildman–Crippen LogP) is 18.9. The number of carbonyl (C=O) groups is 4. The van der Waals surface area contributed by atoms with Crippen LogP contribution in [0.3, 0.4) is 0 Å². The van der Waals surface area contributed by atoms with Gasteiger partial charge in [0.25, 0.3) is 0 Å². The minimum atomic E-state index is -4.95. The first-order valence-electron chi connectivity index (χ1n) is 35.2. The summed E-state index contributed by atoms with van der Waals surface area (Å²) in [4.78, 5) is 72.4. The number of hydrogen-bond donors (Lipinski definition) is 3. The Balaban J connectivity index is 5.24. The van der Waals surface area contributed by atoms with Gasteiger partial charge in [0.1, 0.15) is 19.3 Å². The highest BCUT2D eigenvalue weighted by Crippen LogP contribution is 2.45. The largest absolute Gasteiger partial charge is 0.472 e. The summed E-state index contributed by atoms with van der Waals surface area (Å²) in [5, 5.41) is 10.6. The number of aliphatic hydroxyl groups excluding tert-OH is 1. The molecule has 0 saturated heterocycles. The number of unbranched alkanes of at least 4 members (excludes halogenated alkanes) is 30. The number of phosphoric ester groups is 2. The van der Waals surface area contributed by atoms with E-state index in [9.17, 15) is 43.2 Å². The predicted molar refractivity (Wildman–Crippen MR) is 349 cm³/mol. The highest BCUT2D eigenvalue weighted by atomic mass is 31.2. The molecule has 0 fully saturated rings. The number of rotatable bonds is 65. The Morgan fingerprint density at radius 1 is 0.322 bits per heavy atom. The first-order chi connectivity index (χ1) is 41.6. The Morgan fingerprint density at radius 3 is 0.816 bits per heavy atom. The minimum Gasteiger partial charge on any atom is -0.462 e. The van der Waals surface area contributed by atoms with Gasteiger partial charge in [-0.3, -0.25) is 37.3 Å². The van der Waals surface area contributed by atoms with Crippen molar-refractivity contribution in [2.75, 3.05) is 39.6 Å². The molecule has 0 rings (SSSR count). The van der Waals surface area contributed by atoms with Crippen LogP contribution in [-0.4, -0.2) is 96.7 Å². The third kappa shape index (κ3) is 61.3. The molecule has 0 heterocycles. The molecule has 0 aromatic rings. The molecule has 0 aromatic heterocycles. The van der Waals surface area contributed by atoms with Gasteiger partial charge in [-0.25, -0.2) is 9.13 Å². The number of aliphatic hydroxyl groups is 1. The molecule has 0 bridgehead atoms. The number of phosphoric acid groups is 2. The zero-order chi connectivity index (χ0) is 64.7. The minimum absolute atomic E-state index is 0.103. The fourth-order valence-corrected chi connectivity index (χ4v) is 11.7. The van der Waals surface area contributed by atoms with Crippen LogP contribution in [0.25, 0.3) is 0 Å². The van der Waals surface area contributed by atoms with Crippen molar-refractivity contribution in [2.24, 2.45) is 23.7 Å². The smallest absolute Gasteiger partial charge is 0.462 e. The highest BCUT2D eigenvalue weighted by molar-refractivity contribution is 7.47. The monoisotopic (exact) mass is 1280 g/mol. The van der Waals surface area contributed by atoms with Crippen LogP contribution >= 0.6 is 15.6 Å². The van der Waals surface area contributed by atoms with Crippen LogP contribution in [0.2, 0.25) is 0 Å². The molecule has 3 unspecified atom stereocenters. The second-order valence-electron chi connectivity index (χ2n) is 26.2. The van der Waals surface area contributed by atoms with Gasteiger partial charge in [0.15, 0.2) is 12.2 Å². The number of carbonyl (C=O) groups excluding carboxylic acids is 4. The van der Waals surface area contributed by atoms with Crippen molar-refractivity contribution in [1.29, 1.82) is 0 Å². The summed E-state index contributed by atoms with van der Waals surface area (Å²) in [6.45, 7) is 14.0. The lowest BCUT2D eigenvalue weighted by Crippen LogP contribution is -2.30. The molecule has 516 valence electrons.